The monoisotopic (exact) mass is 340 g/mol. The summed E-state index contributed by atoms with van der Waals surface area (Å²) in [4.78, 5) is 36.3. The Morgan fingerprint density at radius 2 is 1.87 bits per heavy atom. The molecule has 0 aliphatic carbocycles. The third kappa shape index (κ3) is 6.60. The Morgan fingerprint density at radius 3 is 2.39 bits per heavy atom. The molecule has 0 fully saturated rings. The average molecular weight is 340 g/mol. The number of amides is 2. The standard InChI is InChI=1S/C15H20N2O5S/c1-10(15(21)22)17(8-7-16-11(2)18)14(20)9-23-13-5-3-12(19)4-6-13/h3-6,10,19H,7-9H2,1-2H3,(H,16,18)(H,21,22). The summed E-state index contributed by atoms with van der Waals surface area (Å²) < 4.78 is 0. The van der Waals surface area contributed by atoms with Crippen LogP contribution in [0, 0.1) is 0 Å². The molecule has 0 aliphatic rings. The highest BCUT2D eigenvalue weighted by molar-refractivity contribution is 8.00. The number of nitrogens with zero attached hydrogens (tertiary/aromatic N) is 1. The summed E-state index contributed by atoms with van der Waals surface area (Å²) in [6.07, 6.45) is 0. The number of nitrogens with one attached hydrogen (secondary N) is 1. The molecule has 0 saturated carbocycles. The number of carbonyl (C=O) groups is 3. The minimum atomic E-state index is -1.10. The van der Waals surface area contributed by atoms with E-state index in [2.05, 4.69) is 5.32 Å². The molecule has 1 rings (SSSR count). The van der Waals surface area contributed by atoms with Crippen molar-refractivity contribution in [3.05, 3.63) is 24.3 Å². The molecular formula is C15H20N2O5S. The first kappa shape index (κ1) is 18.8. The molecule has 3 N–H and O–H groups in total. The number of phenolic OH excluding ortho intramolecular Hbond substituents is 1. The van der Waals surface area contributed by atoms with Gasteiger partial charge in [0.1, 0.15) is 11.8 Å². The summed E-state index contributed by atoms with van der Waals surface area (Å²) in [6.45, 7) is 3.11. The van der Waals surface area contributed by atoms with Crippen LogP contribution in [0.5, 0.6) is 5.75 Å². The molecule has 0 spiro atoms. The first-order chi connectivity index (χ1) is 10.8. The fraction of sp³-hybridized carbons (Fsp3) is 0.400. The van der Waals surface area contributed by atoms with Crippen molar-refractivity contribution >= 4 is 29.5 Å². The lowest BCUT2D eigenvalue weighted by Gasteiger charge is -2.26. The highest BCUT2D eigenvalue weighted by Crippen LogP contribution is 2.21. The second-order valence-electron chi connectivity index (χ2n) is 4.87. The van der Waals surface area contributed by atoms with Gasteiger partial charge in [0, 0.05) is 24.9 Å². The van der Waals surface area contributed by atoms with Crippen LogP contribution >= 0.6 is 11.8 Å². The van der Waals surface area contributed by atoms with Gasteiger partial charge in [-0.25, -0.2) is 4.79 Å². The lowest BCUT2D eigenvalue weighted by atomic mass is 10.2. The topological polar surface area (TPSA) is 107 Å². The Morgan fingerprint density at radius 1 is 1.26 bits per heavy atom. The predicted molar refractivity (Wildman–Crippen MR) is 86.3 cm³/mol. The van der Waals surface area contributed by atoms with E-state index in [9.17, 15) is 19.5 Å². The van der Waals surface area contributed by atoms with Crippen molar-refractivity contribution in [3.63, 3.8) is 0 Å². The van der Waals surface area contributed by atoms with Crippen molar-refractivity contribution in [2.75, 3.05) is 18.8 Å². The second kappa shape index (κ2) is 9.04. The van der Waals surface area contributed by atoms with Crippen LogP contribution in [0.1, 0.15) is 13.8 Å². The van der Waals surface area contributed by atoms with E-state index in [4.69, 9.17) is 5.11 Å². The maximum atomic E-state index is 12.3. The van der Waals surface area contributed by atoms with E-state index < -0.39 is 12.0 Å². The SMILES string of the molecule is CC(=O)NCCN(C(=O)CSc1ccc(O)cc1)C(C)C(=O)O. The van der Waals surface area contributed by atoms with E-state index in [1.54, 1.807) is 12.1 Å². The van der Waals surface area contributed by atoms with Crippen molar-refractivity contribution in [2.24, 2.45) is 0 Å². The second-order valence-corrected chi connectivity index (χ2v) is 5.92. The van der Waals surface area contributed by atoms with Gasteiger partial charge in [-0.05, 0) is 31.2 Å². The number of hydrogen-bond donors (Lipinski definition) is 3. The van der Waals surface area contributed by atoms with Crippen LogP contribution < -0.4 is 5.32 Å². The molecule has 23 heavy (non-hydrogen) atoms. The third-order valence-electron chi connectivity index (χ3n) is 3.07. The molecule has 2 amide bonds. The average Bonchev–Trinajstić information content (AvgIpc) is 2.49. The molecular weight excluding hydrogens is 320 g/mol. The zero-order chi connectivity index (χ0) is 17.4. The molecule has 0 radical (unpaired) electrons. The summed E-state index contributed by atoms with van der Waals surface area (Å²) in [7, 11) is 0. The first-order valence-corrected chi connectivity index (χ1v) is 7.98. The van der Waals surface area contributed by atoms with Gasteiger partial charge in [-0.1, -0.05) is 0 Å². The Balaban J connectivity index is 2.64. The van der Waals surface area contributed by atoms with Crippen LogP contribution in [0.25, 0.3) is 0 Å². The molecule has 0 aliphatic heterocycles. The molecule has 0 bridgehead atoms. The molecule has 0 aromatic heterocycles. The number of carboxylic acids is 1. The summed E-state index contributed by atoms with van der Waals surface area (Å²) >= 11 is 1.25. The number of carbonyl (C=O) groups excluding carboxylic acids is 2. The number of benzene rings is 1. The number of aliphatic carboxylic acids is 1. The predicted octanol–water partition coefficient (Wildman–Crippen LogP) is 0.922. The summed E-state index contributed by atoms with van der Waals surface area (Å²) in [6, 6.07) is 5.41. The van der Waals surface area contributed by atoms with Gasteiger partial charge in [0.05, 0.1) is 5.75 Å². The number of hydrogen-bond acceptors (Lipinski definition) is 5. The fourth-order valence-corrected chi connectivity index (χ4v) is 2.57. The van der Waals surface area contributed by atoms with Gasteiger partial charge < -0.3 is 20.4 Å². The van der Waals surface area contributed by atoms with Gasteiger partial charge >= 0.3 is 5.97 Å². The van der Waals surface area contributed by atoms with Gasteiger partial charge in [0.15, 0.2) is 0 Å². The van der Waals surface area contributed by atoms with Crippen molar-refractivity contribution in [1.82, 2.24) is 10.2 Å². The van der Waals surface area contributed by atoms with Gasteiger partial charge in [-0.2, -0.15) is 0 Å². The van der Waals surface area contributed by atoms with Gasteiger partial charge in [-0.3, -0.25) is 9.59 Å². The van der Waals surface area contributed by atoms with E-state index in [1.807, 2.05) is 0 Å². The quantitative estimate of drug-likeness (QED) is 0.608. The smallest absolute Gasteiger partial charge is 0.326 e. The lowest BCUT2D eigenvalue weighted by molar-refractivity contribution is -0.148. The minimum absolute atomic E-state index is 0.0719. The summed E-state index contributed by atoms with van der Waals surface area (Å²) in [5.41, 5.74) is 0. The zero-order valence-electron chi connectivity index (χ0n) is 13.0. The van der Waals surface area contributed by atoms with E-state index in [0.717, 1.165) is 4.90 Å². The number of rotatable bonds is 8. The van der Waals surface area contributed by atoms with Gasteiger partial charge in [0.2, 0.25) is 11.8 Å². The van der Waals surface area contributed by atoms with Crippen molar-refractivity contribution in [3.8, 4) is 5.75 Å². The Bertz CT molecular complexity index is 561. The number of aromatic hydroxyl groups is 1. The lowest BCUT2D eigenvalue weighted by Crippen LogP contribution is -2.47. The molecule has 8 heteroatoms. The molecule has 0 heterocycles. The highest BCUT2D eigenvalue weighted by atomic mass is 32.2. The first-order valence-electron chi connectivity index (χ1n) is 6.99. The largest absolute Gasteiger partial charge is 0.508 e. The van der Waals surface area contributed by atoms with Crippen LogP contribution in [0.4, 0.5) is 0 Å². The molecule has 7 nitrogen and oxygen atoms in total. The minimum Gasteiger partial charge on any atom is -0.508 e. The van der Waals surface area contributed by atoms with Crippen LogP contribution in [-0.4, -0.2) is 57.8 Å². The molecule has 1 atom stereocenters. The molecule has 1 aromatic carbocycles. The summed E-state index contributed by atoms with van der Waals surface area (Å²) in [5, 5.41) is 20.9. The fourth-order valence-electron chi connectivity index (χ4n) is 1.79. The van der Waals surface area contributed by atoms with Crippen molar-refractivity contribution < 1.29 is 24.6 Å². The van der Waals surface area contributed by atoms with E-state index in [-0.39, 0.29) is 36.4 Å². The zero-order valence-corrected chi connectivity index (χ0v) is 13.8. The molecule has 126 valence electrons. The summed E-state index contributed by atoms with van der Waals surface area (Å²) in [5.74, 6) is -1.46. The van der Waals surface area contributed by atoms with Crippen LogP contribution in [0.15, 0.2) is 29.2 Å². The maximum Gasteiger partial charge on any atom is 0.326 e. The maximum absolute atomic E-state index is 12.3. The van der Waals surface area contributed by atoms with E-state index in [1.165, 1.54) is 42.6 Å². The van der Waals surface area contributed by atoms with Gasteiger partial charge in [0.25, 0.3) is 0 Å². The van der Waals surface area contributed by atoms with Crippen LogP contribution in [0.3, 0.4) is 0 Å². The van der Waals surface area contributed by atoms with Crippen LogP contribution in [-0.2, 0) is 14.4 Å². The Labute approximate surface area is 138 Å². The number of thioether (sulfide) groups is 1. The highest BCUT2D eigenvalue weighted by Gasteiger charge is 2.25. The molecule has 0 saturated heterocycles. The molecule has 1 unspecified atom stereocenters. The Hall–Kier alpha value is -2.22. The van der Waals surface area contributed by atoms with Crippen molar-refractivity contribution in [1.29, 1.82) is 0 Å². The molecule has 1 aromatic rings. The van der Waals surface area contributed by atoms with Gasteiger partial charge in [-0.15, -0.1) is 11.8 Å². The Kier molecular flexibility index (Phi) is 7.40. The van der Waals surface area contributed by atoms with E-state index >= 15 is 0 Å². The number of phenols is 1. The normalized spacial score (nSPS) is 11.6. The van der Waals surface area contributed by atoms with E-state index in [0.29, 0.717) is 0 Å². The van der Waals surface area contributed by atoms with Crippen LogP contribution in [0.2, 0.25) is 0 Å². The third-order valence-corrected chi connectivity index (χ3v) is 4.07. The van der Waals surface area contributed by atoms with Crippen molar-refractivity contribution in [2.45, 2.75) is 24.8 Å². The number of carboxylic acid groups (broad SMARTS) is 1.